The second-order valence-corrected chi connectivity index (χ2v) is 4.59. The predicted octanol–water partition coefficient (Wildman–Crippen LogP) is 3.48. The quantitative estimate of drug-likeness (QED) is 0.842. The number of rotatable bonds is 5. The van der Waals surface area contributed by atoms with E-state index in [4.69, 9.17) is 33.0 Å². The first kappa shape index (κ1) is 13.8. The van der Waals surface area contributed by atoms with E-state index in [2.05, 4.69) is 15.9 Å². The van der Waals surface area contributed by atoms with E-state index >= 15 is 0 Å². The molecule has 0 aliphatic carbocycles. The summed E-state index contributed by atoms with van der Waals surface area (Å²) < 4.78 is 5.77. The number of carboxylic acid groups (broad SMARTS) is 1. The molecular weight excluding hydrogens is 319 g/mol. The Morgan fingerprint density at radius 3 is 2.75 bits per heavy atom. The molecule has 1 unspecified atom stereocenters. The SMILES string of the molecule is O=C(O)C(OCCCl)c1ccc(Cl)c(Br)c1. The van der Waals surface area contributed by atoms with Crippen LogP contribution in [-0.4, -0.2) is 23.6 Å². The molecular formula is C10H9BrCl2O3. The summed E-state index contributed by atoms with van der Waals surface area (Å²) in [6.07, 6.45) is -1.02. The summed E-state index contributed by atoms with van der Waals surface area (Å²) in [5.41, 5.74) is 0.522. The van der Waals surface area contributed by atoms with Gasteiger partial charge in [0.15, 0.2) is 6.10 Å². The number of benzene rings is 1. The number of carbonyl (C=O) groups is 1. The Bertz CT molecular complexity index is 384. The molecule has 0 radical (unpaired) electrons. The summed E-state index contributed by atoms with van der Waals surface area (Å²) in [6, 6.07) is 4.84. The molecule has 0 spiro atoms. The van der Waals surface area contributed by atoms with E-state index in [1.54, 1.807) is 18.2 Å². The van der Waals surface area contributed by atoms with Crippen LogP contribution in [0.3, 0.4) is 0 Å². The Balaban J connectivity index is 2.92. The van der Waals surface area contributed by atoms with Crippen LogP contribution < -0.4 is 0 Å². The van der Waals surface area contributed by atoms with E-state index in [0.717, 1.165) is 0 Å². The van der Waals surface area contributed by atoms with Gasteiger partial charge in [-0.2, -0.15) is 0 Å². The van der Waals surface area contributed by atoms with E-state index in [0.29, 0.717) is 15.1 Å². The Kier molecular flexibility index (Phi) is 5.55. The summed E-state index contributed by atoms with van der Waals surface area (Å²) in [4.78, 5) is 11.0. The van der Waals surface area contributed by atoms with Crippen molar-refractivity contribution in [2.75, 3.05) is 12.5 Å². The van der Waals surface area contributed by atoms with Gasteiger partial charge < -0.3 is 9.84 Å². The van der Waals surface area contributed by atoms with Gasteiger partial charge in [0.25, 0.3) is 0 Å². The van der Waals surface area contributed by atoms with Crippen LogP contribution in [-0.2, 0) is 9.53 Å². The smallest absolute Gasteiger partial charge is 0.337 e. The summed E-state index contributed by atoms with van der Waals surface area (Å²) in [5.74, 6) is -0.808. The first-order valence-corrected chi connectivity index (χ1v) is 6.12. The van der Waals surface area contributed by atoms with Crippen molar-refractivity contribution in [2.45, 2.75) is 6.10 Å². The lowest BCUT2D eigenvalue weighted by Gasteiger charge is -2.13. The summed E-state index contributed by atoms with van der Waals surface area (Å²) >= 11 is 14.5. The zero-order valence-corrected chi connectivity index (χ0v) is 11.2. The number of aliphatic carboxylic acids is 1. The highest BCUT2D eigenvalue weighted by Gasteiger charge is 2.20. The largest absolute Gasteiger partial charge is 0.479 e. The molecule has 0 fully saturated rings. The molecule has 0 bridgehead atoms. The van der Waals surface area contributed by atoms with Crippen molar-refractivity contribution in [3.8, 4) is 0 Å². The van der Waals surface area contributed by atoms with Crippen LogP contribution >= 0.6 is 39.1 Å². The van der Waals surface area contributed by atoms with Gasteiger partial charge in [-0.25, -0.2) is 4.79 Å². The molecule has 1 rings (SSSR count). The minimum absolute atomic E-state index is 0.179. The maximum atomic E-state index is 11.0. The first-order chi connectivity index (χ1) is 7.56. The number of ether oxygens (including phenoxy) is 1. The monoisotopic (exact) mass is 326 g/mol. The molecule has 0 heterocycles. The molecule has 88 valence electrons. The van der Waals surface area contributed by atoms with Crippen LogP contribution in [0.2, 0.25) is 5.02 Å². The molecule has 0 aliphatic heterocycles. The van der Waals surface area contributed by atoms with E-state index < -0.39 is 12.1 Å². The normalized spacial score (nSPS) is 12.4. The highest BCUT2D eigenvalue weighted by atomic mass is 79.9. The molecule has 3 nitrogen and oxygen atoms in total. The molecule has 0 saturated heterocycles. The molecule has 0 aliphatic rings. The number of hydrogen-bond acceptors (Lipinski definition) is 2. The van der Waals surface area contributed by atoms with Gasteiger partial charge in [-0.15, -0.1) is 11.6 Å². The summed E-state index contributed by atoms with van der Waals surface area (Å²) in [5, 5.41) is 9.52. The van der Waals surface area contributed by atoms with Gasteiger partial charge in [-0.3, -0.25) is 0 Å². The fraction of sp³-hybridized carbons (Fsp3) is 0.300. The molecule has 6 heteroatoms. The topological polar surface area (TPSA) is 46.5 Å². The van der Waals surface area contributed by atoms with E-state index in [1.165, 1.54) is 0 Å². The molecule has 0 saturated carbocycles. The fourth-order valence-corrected chi connectivity index (χ4v) is 1.75. The number of halogens is 3. The van der Waals surface area contributed by atoms with Crippen LogP contribution in [0.1, 0.15) is 11.7 Å². The van der Waals surface area contributed by atoms with Crippen molar-refractivity contribution in [3.05, 3.63) is 33.3 Å². The van der Waals surface area contributed by atoms with Gasteiger partial charge in [0.2, 0.25) is 0 Å². The Morgan fingerprint density at radius 2 is 2.25 bits per heavy atom. The fourth-order valence-electron chi connectivity index (χ4n) is 1.15. The molecule has 1 N–H and O–H groups in total. The van der Waals surface area contributed by atoms with E-state index in [9.17, 15) is 4.79 Å². The highest BCUT2D eigenvalue weighted by Crippen LogP contribution is 2.27. The zero-order chi connectivity index (χ0) is 12.1. The van der Waals surface area contributed by atoms with Crippen molar-refractivity contribution >= 4 is 45.1 Å². The molecule has 1 aromatic rings. The van der Waals surface area contributed by atoms with Crippen LogP contribution in [0.25, 0.3) is 0 Å². The first-order valence-electron chi connectivity index (χ1n) is 4.41. The average molecular weight is 328 g/mol. The van der Waals surface area contributed by atoms with Crippen molar-refractivity contribution < 1.29 is 14.6 Å². The lowest BCUT2D eigenvalue weighted by Crippen LogP contribution is -2.16. The van der Waals surface area contributed by atoms with Crippen molar-refractivity contribution in [3.63, 3.8) is 0 Å². The Hall–Kier alpha value is -0.290. The van der Waals surface area contributed by atoms with Crippen LogP contribution in [0.5, 0.6) is 0 Å². The van der Waals surface area contributed by atoms with Gasteiger partial charge in [0.1, 0.15) is 0 Å². The van der Waals surface area contributed by atoms with Crippen molar-refractivity contribution in [1.29, 1.82) is 0 Å². The minimum Gasteiger partial charge on any atom is -0.479 e. The highest BCUT2D eigenvalue weighted by molar-refractivity contribution is 9.10. The second-order valence-electron chi connectivity index (χ2n) is 2.95. The predicted molar refractivity (Wildman–Crippen MR) is 66.2 cm³/mol. The standard InChI is InChI=1S/C10H9BrCl2O3/c11-7-5-6(1-2-8(7)13)9(10(14)15)16-4-3-12/h1-2,5,9H,3-4H2,(H,14,15). The van der Waals surface area contributed by atoms with Crippen LogP contribution in [0, 0.1) is 0 Å². The second kappa shape index (κ2) is 6.45. The molecule has 0 amide bonds. The maximum Gasteiger partial charge on any atom is 0.337 e. The number of alkyl halides is 1. The number of hydrogen-bond donors (Lipinski definition) is 1. The zero-order valence-electron chi connectivity index (χ0n) is 8.12. The summed E-state index contributed by atoms with van der Waals surface area (Å²) in [6.45, 7) is 0.179. The van der Waals surface area contributed by atoms with Crippen LogP contribution in [0.4, 0.5) is 0 Å². The molecule has 16 heavy (non-hydrogen) atoms. The molecule has 1 atom stereocenters. The molecule has 0 aromatic heterocycles. The van der Waals surface area contributed by atoms with Crippen LogP contribution in [0.15, 0.2) is 22.7 Å². The summed E-state index contributed by atoms with van der Waals surface area (Å²) in [7, 11) is 0. The number of carboxylic acids is 1. The van der Waals surface area contributed by atoms with Gasteiger partial charge in [-0.05, 0) is 33.6 Å². The average Bonchev–Trinajstić information content (AvgIpc) is 2.23. The third-order valence-corrected chi connectivity index (χ3v) is 3.20. The molecule has 1 aromatic carbocycles. The van der Waals surface area contributed by atoms with Crippen molar-refractivity contribution in [2.24, 2.45) is 0 Å². The third-order valence-electron chi connectivity index (χ3n) is 1.83. The van der Waals surface area contributed by atoms with Gasteiger partial charge in [-0.1, -0.05) is 17.7 Å². The van der Waals surface area contributed by atoms with Gasteiger partial charge in [0, 0.05) is 10.4 Å². The lowest BCUT2D eigenvalue weighted by molar-refractivity contribution is -0.150. The minimum atomic E-state index is -1.06. The lowest BCUT2D eigenvalue weighted by atomic mass is 10.1. The van der Waals surface area contributed by atoms with Gasteiger partial charge >= 0.3 is 5.97 Å². The van der Waals surface area contributed by atoms with Crippen molar-refractivity contribution in [1.82, 2.24) is 0 Å². The Labute approximate surface area is 111 Å². The van der Waals surface area contributed by atoms with Gasteiger partial charge in [0.05, 0.1) is 11.6 Å². The third kappa shape index (κ3) is 3.63. The Morgan fingerprint density at radius 1 is 1.56 bits per heavy atom. The van der Waals surface area contributed by atoms with E-state index in [-0.39, 0.29) is 12.5 Å². The maximum absolute atomic E-state index is 11.0. The van der Waals surface area contributed by atoms with E-state index in [1.807, 2.05) is 0 Å².